The second kappa shape index (κ2) is 5.18. The molecule has 0 aliphatic heterocycles. The van der Waals surface area contributed by atoms with Gasteiger partial charge in [0.25, 0.3) is 0 Å². The standard InChI is InChI=1S/C13H11FN2OS/c1-9-7-13(15-8-12(9)16(2)17)18-11-5-3-10(14)4-6-11/h3-8H,2H2,1H3. The summed E-state index contributed by atoms with van der Waals surface area (Å²) in [7, 11) is 0. The highest BCUT2D eigenvalue weighted by Gasteiger charge is 2.08. The summed E-state index contributed by atoms with van der Waals surface area (Å²) in [6, 6.07) is 7.98. The van der Waals surface area contributed by atoms with E-state index >= 15 is 0 Å². The fourth-order valence-electron chi connectivity index (χ4n) is 1.46. The van der Waals surface area contributed by atoms with Crippen LogP contribution in [0.2, 0.25) is 0 Å². The van der Waals surface area contributed by atoms with Crippen LogP contribution < -0.4 is 0 Å². The molecule has 2 rings (SSSR count). The summed E-state index contributed by atoms with van der Waals surface area (Å²) in [5.41, 5.74) is 1.25. The number of halogens is 1. The van der Waals surface area contributed by atoms with Crippen LogP contribution >= 0.6 is 11.8 Å². The van der Waals surface area contributed by atoms with E-state index in [0.717, 1.165) is 15.5 Å². The van der Waals surface area contributed by atoms with Crippen molar-refractivity contribution in [2.24, 2.45) is 0 Å². The zero-order valence-electron chi connectivity index (χ0n) is 9.76. The van der Waals surface area contributed by atoms with Crippen LogP contribution in [0.15, 0.2) is 46.5 Å². The van der Waals surface area contributed by atoms with E-state index in [-0.39, 0.29) is 5.82 Å². The zero-order valence-corrected chi connectivity index (χ0v) is 10.6. The average molecular weight is 262 g/mol. The molecule has 0 saturated carbocycles. The molecule has 3 nitrogen and oxygen atoms in total. The molecule has 5 heteroatoms. The van der Waals surface area contributed by atoms with E-state index in [1.807, 2.05) is 6.92 Å². The topological polar surface area (TPSA) is 39.0 Å². The minimum Gasteiger partial charge on any atom is -0.619 e. The number of rotatable bonds is 3. The summed E-state index contributed by atoms with van der Waals surface area (Å²) >= 11 is 1.41. The number of hydrogen-bond acceptors (Lipinski definition) is 3. The number of nitrogens with zero attached hydrogens (tertiary/aromatic N) is 2. The second-order valence-corrected chi connectivity index (χ2v) is 4.84. The number of hydrogen-bond donors (Lipinski definition) is 0. The Labute approximate surface area is 109 Å². The van der Waals surface area contributed by atoms with Crippen LogP contribution in [-0.4, -0.2) is 16.4 Å². The van der Waals surface area contributed by atoms with E-state index in [9.17, 15) is 9.60 Å². The molecule has 0 bridgehead atoms. The SMILES string of the molecule is C=[N+]([O-])c1cnc(Sc2ccc(F)cc2)cc1C. The Morgan fingerprint density at radius 1 is 1.33 bits per heavy atom. The first-order valence-corrected chi connectivity index (χ1v) is 6.06. The van der Waals surface area contributed by atoms with Gasteiger partial charge in [-0.1, -0.05) is 11.8 Å². The van der Waals surface area contributed by atoms with Gasteiger partial charge in [-0.3, -0.25) is 0 Å². The second-order valence-electron chi connectivity index (χ2n) is 3.74. The monoisotopic (exact) mass is 262 g/mol. The van der Waals surface area contributed by atoms with E-state index in [2.05, 4.69) is 11.7 Å². The Hall–Kier alpha value is -1.88. The van der Waals surface area contributed by atoms with Crippen molar-refractivity contribution in [1.82, 2.24) is 4.98 Å². The van der Waals surface area contributed by atoms with Crippen LogP contribution in [0.25, 0.3) is 0 Å². The zero-order chi connectivity index (χ0) is 13.1. The minimum absolute atomic E-state index is 0.266. The van der Waals surface area contributed by atoms with Gasteiger partial charge in [0.2, 0.25) is 5.69 Å². The van der Waals surface area contributed by atoms with Crippen LogP contribution in [0.1, 0.15) is 5.56 Å². The van der Waals surface area contributed by atoms with Gasteiger partial charge in [-0.2, -0.15) is 4.74 Å². The maximum absolute atomic E-state index is 12.8. The Balaban J connectivity index is 2.22. The van der Waals surface area contributed by atoms with Crippen molar-refractivity contribution < 1.29 is 9.13 Å². The van der Waals surface area contributed by atoms with Gasteiger partial charge in [-0.05, 0) is 37.3 Å². The Morgan fingerprint density at radius 3 is 2.56 bits per heavy atom. The molecule has 0 aliphatic carbocycles. The highest BCUT2D eigenvalue weighted by Crippen LogP contribution is 2.28. The molecule has 0 N–H and O–H groups in total. The lowest BCUT2D eigenvalue weighted by Crippen LogP contribution is -1.94. The summed E-state index contributed by atoms with van der Waals surface area (Å²) in [6.45, 7) is 5.10. The summed E-state index contributed by atoms with van der Waals surface area (Å²) in [4.78, 5) is 5.06. The van der Waals surface area contributed by atoms with Gasteiger partial charge in [-0.25, -0.2) is 9.37 Å². The van der Waals surface area contributed by atoms with Gasteiger partial charge in [0.05, 0.1) is 0 Å². The Morgan fingerprint density at radius 2 is 2.00 bits per heavy atom. The molecular weight excluding hydrogens is 251 g/mol. The first kappa shape index (κ1) is 12.6. The molecular formula is C13H11FN2OS. The predicted octanol–water partition coefficient (Wildman–Crippen LogP) is 3.52. The van der Waals surface area contributed by atoms with Crippen LogP contribution in [-0.2, 0) is 0 Å². The molecule has 1 aromatic carbocycles. The fraction of sp³-hybridized carbons (Fsp3) is 0.0769. The maximum atomic E-state index is 12.8. The molecule has 0 spiro atoms. The lowest BCUT2D eigenvalue weighted by Gasteiger charge is -2.06. The molecule has 0 fully saturated rings. The molecule has 0 aliphatic rings. The van der Waals surface area contributed by atoms with E-state index in [1.165, 1.54) is 30.1 Å². The van der Waals surface area contributed by atoms with Gasteiger partial charge < -0.3 is 5.21 Å². The predicted molar refractivity (Wildman–Crippen MR) is 69.9 cm³/mol. The van der Waals surface area contributed by atoms with Gasteiger partial charge in [-0.15, -0.1) is 0 Å². The van der Waals surface area contributed by atoms with E-state index in [1.54, 1.807) is 18.2 Å². The largest absolute Gasteiger partial charge is 0.619 e. The van der Waals surface area contributed by atoms with E-state index in [0.29, 0.717) is 10.4 Å². The lowest BCUT2D eigenvalue weighted by molar-refractivity contribution is -0.350. The molecule has 92 valence electrons. The summed E-state index contributed by atoms with van der Waals surface area (Å²) in [5, 5.41) is 11.8. The lowest BCUT2D eigenvalue weighted by atomic mass is 10.2. The third-order valence-corrected chi connectivity index (χ3v) is 3.30. The van der Waals surface area contributed by atoms with Gasteiger partial charge in [0.1, 0.15) is 23.8 Å². The first-order chi connectivity index (χ1) is 8.56. The summed E-state index contributed by atoms with van der Waals surface area (Å²) in [5.74, 6) is -0.266. The number of aryl methyl sites for hydroxylation is 1. The van der Waals surface area contributed by atoms with Crippen LogP contribution in [0, 0.1) is 17.9 Å². The third-order valence-electron chi connectivity index (χ3n) is 2.36. The van der Waals surface area contributed by atoms with Crippen molar-refractivity contribution in [1.29, 1.82) is 0 Å². The highest BCUT2D eigenvalue weighted by molar-refractivity contribution is 7.99. The molecule has 2 aromatic rings. The molecule has 0 amide bonds. The number of pyridine rings is 1. The molecule has 1 heterocycles. The van der Waals surface area contributed by atoms with Crippen molar-refractivity contribution in [3.05, 3.63) is 53.1 Å². The normalized spacial score (nSPS) is 10.3. The van der Waals surface area contributed by atoms with Crippen molar-refractivity contribution in [2.75, 3.05) is 0 Å². The van der Waals surface area contributed by atoms with Gasteiger partial charge in [0.15, 0.2) is 0 Å². The number of benzene rings is 1. The smallest absolute Gasteiger partial charge is 0.237 e. The Kier molecular flexibility index (Phi) is 3.62. The molecule has 0 radical (unpaired) electrons. The van der Waals surface area contributed by atoms with Crippen LogP contribution in [0.4, 0.5) is 10.1 Å². The first-order valence-electron chi connectivity index (χ1n) is 5.24. The van der Waals surface area contributed by atoms with Crippen molar-refractivity contribution in [3.63, 3.8) is 0 Å². The van der Waals surface area contributed by atoms with Crippen LogP contribution in [0.5, 0.6) is 0 Å². The van der Waals surface area contributed by atoms with Crippen LogP contribution in [0.3, 0.4) is 0 Å². The summed E-state index contributed by atoms with van der Waals surface area (Å²) < 4.78 is 13.3. The fourth-order valence-corrected chi connectivity index (χ4v) is 2.32. The molecule has 0 unspecified atom stereocenters. The third kappa shape index (κ3) is 2.87. The van der Waals surface area contributed by atoms with E-state index < -0.39 is 0 Å². The molecule has 18 heavy (non-hydrogen) atoms. The average Bonchev–Trinajstić information content (AvgIpc) is 2.32. The van der Waals surface area contributed by atoms with Crippen molar-refractivity contribution >= 4 is 24.2 Å². The van der Waals surface area contributed by atoms with Crippen molar-refractivity contribution in [2.45, 2.75) is 16.8 Å². The van der Waals surface area contributed by atoms with Gasteiger partial charge >= 0.3 is 0 Å². The molecule has 0 atom stereocenters. The minimum atomic E-state index is -0.266. The summed E-state index contributed by atoms with van der Waals surface area (Å²) in [6.07, 6.45) is 1.49. The molecule has 0 saturated heterocycles. The molecule has 1 aromatic heterocycles. The Bertz CT molecular complexity index is 584. The number of aromatic nitrogens is 1. The maximum Gasteiger partial charge on any atom is 0.237 e. The van der Waals surface area contributed by atoms with Crippen molar-refractivity contribution in [3.8, 4) is 0 Å². The quantitative estimate of drug-likeness (QED) is 0.367. The van der Waals surface area contributed by atoms with Gasteiger partial charge in [0, 0.05) is 10.5 Å². The highest BCUT2D eigenvalue weighted by atomic mass is 32.2. The van der Waals surface area contributed by atoms with E-state index in [4.69, 9.17) is 0 Å².